The first-order valence-corrected chi connectivity index (χ1v) is 4.55. The molecule has 2 rings (SSSR count). The van der Waals surface area contributed by atoms with Crippen LogP contribution in [-0.2, 0) is 6.54 Å². The van der Waals surface area contributed by atoms with E-state index in [1.807, 2.05) is 6.07 Å². The van der Waals surface area contributed by atoms with Crippen LogP contribution in [0.3, 0.4) is 0 Å². The van der Waals surface area contributed by atoms with Crippen LogP contribution in [0.5, 0.6) is 0 Å². The highest BCUT2D eigenvalue weighted by Crippen LogP contribution is 2.03. The number of nitrogens with zero attached hydrogens (tertiary/aromatic N) is 3. The Morgan fingerprint density at radius 2 is 2.25 bits per heavy atom. The predicted molar refractivity (Wildman–Crippen MR) is 54.9 cm³/mol. The number of hydrogen-bond donors (Lipinski definition) is 3. The van der Waals surface area contributed by atoms with Crippen LogP contribution < -0.4 is 5.32 Å². The zero-order chi connectivity index (χ0) is 11.4. The number of aromatic carboxylic acids is 1. The average Bonchev–Trinajstić information content (AvgIpc) is 2.80. The molecule has 2 aromatic rings. The van der Waals surface area contributed by atoms with Gasteiger partial charge in [0.25, 0.3) is 0 Å². The molecule has 0 unspecified atom stereocenters. The second-order valence-electron chi connectivity index (χ2n) is 3.04. The molecule has 0 amide bonds. The van der Waals surface area contributed by atoms with Gasteiger partial charge in [0.15, 0.2) is 5.69 Å². The Kier molecular flexibility index (Phi) is 2.77. The Hall–Kier alpha value is -2.44. The van der Waals surface area contributed by atoms with E-state index in [0.717, 1.165) is 5.69 Å². The Balaban J connectivity index is 1.98. The van der Waals surface area contributed by atoms with Crippen LogP contribution in [0, 0.1) is 0 Å². The summed E-state index contributed by atoms with van der Waals surface area (Å²) in [5.41, 5.74) is 0.830. The van der Waals surface area contributed by atoms with Gasteiger partial charge in [0.05, 0.1) is 12.2 Å². The van der Waals surface area contributed by atoms with Crippen molar-refractivity contribution in [3.05, 3.63) is 35.8 Å². The zero-order valence-electron chi connectivity index (χ0n) is 8.21. The third kappa shape index (κ3) is 2.32. The predicted octanol–water partition coefficient (Wildman–Crippen LogP) is 0.510. The fourth-order valence-electron chi connectivity index (χ4n) is 1.11. The first-order chi connectivity index (χ1) is 7.75. The molecule has 0 atom stereocenters. The molecule has 0 saturated carbocycles. The van der Waals surface area contributed by atoms with Gasteiger partial charge in [-0.05, 0) is 18.2 Å². The number of nitrogens with one attached hydrogen (secondary N) is 2. The summed E-state index contributed by atoms with van der Waals surface area (Å²) in [4.78, 5) is 10.5. The van der Waals surface area contributed by atoms with Crippen molar-refractivity contribution in [2.75, 3.05) is 5.32 Å². The minimum absolute atomic E-state index is 0.0768. The highest BCUT2D eigenvalue weighted by atomic mass is 16.4. The van der Waals surface area contributed by atoms with Crippen molar-refractivity contribution in [1.82, 2.24) is 20.4 Å². The largest absolute Gasteiger partial charge is 0.476 e. The lowest BCUT2D eigenvalue weighted by atomic mass is 10.4. The van der Waals surface area contributed by atoms with E-state index >= 15 is 0 Å². The molecule has 2 aromatic heterocycles. The fraction of sp³-hybridized carbons (Fsp3) is 0.111. The lowest BCUT2D eigenvalue weighted by Gasteiger charge is -2.02. The van der Waals surface area contributed by atoms with E-state index in [-0.39, 0.29) is 5.69 Å². The number of aromatic nitrogens is 4. The maximum Gasteiger partial charge on any atom is 0.356 e. The molecule has 0 fully saturated rings. The SMILES string of the molecule is O=C(O)c1ccc(NCc2ccn[nH]2)nn1. The van der Waals surface area contributed by atoms with Crippen molar-refractivity contribution in [3.63, 3.8) is 0 Å². The maximum absolute atomic E-state index is 10.5. The van der Waals surface area contributed by atoms with Crippen LogP contribution in [-0.4, -0.2) is 31.5 Å². The summed E-state index contributed by atoms with van der Waals surface area (Å²) in [6.45, 7) is 0.529. The highest BCUT2D eigenvalue weighted by Gasteiger charge is 2.04. The van der Waals surface area contributed by atoms with Crippen molar-refractivity contribution in [2.24, 2.45) is 0 Å². The van der Waals surface area contributed by atoms with Crippen molar-refractivity contribution in [2.45, 2.75) is 6.54 Å². The Bertz CT molecular complexity index is 465. The molecule has 0 radical (unpaired) electrons. The first kappa shape index (κ1) is 10.1. The lowest BCUT2D eigenvalue weighted by molar-refractivity contribution is 0.0689. The zero-order valence-corrected chi connectivity index (χ0v) is 8.21. The summed E-state index contributed by atoms with van der Waals surface area (Å²) in [6.07, 6.45) is 1.65. The second kappa shape index (κ2) is 4.39. The molecule has 16 heavy (non-hydrogen) atoms. The van der Waals surface area contributed by atoms with Gasteiger partial charge in [0.1, 0.15) is 5.82 Å². The molecule has 3 N–H and O–H groups in total. The van der Waals surface area contributed by atoms with Gasteiger partial charge >= 0.3 is 5.97 Å². The lowest BCUT2D eigenvalue weighted by Crippen LogP contribution is -2.06. The van der Waals surface area contributed by atoms with Crippen LogP contribution in [0.25, 0.3) is 0 Å². The molecule has 82 valence electrons. The van der Waals surface area contributed by atoms with Gasteiger partial charge in [0, 0.05) is 6.20 Å². The van der Waals surface area contributed by atoms with Gasteiger partial charge in [-0.2, -0.15) is 5.10 Å². The van der Waals surface area contributed by atoms with E-state index in [0.29, 0.717) is 12.4 Å². The molecule has 0 aliphatic carbocycles. The summed E-state index contributed by atoms with van der Waals surface area (Å²) >= 11 is 0. The minimum atomic E-state index is -1.09. The second-order valence-corrected chi connectivity index (χ2v) is 3.04. The Morgan fingerprint density at radius 3 is 2.81 bits per heavy atom. The standard InChI is InChI=1S/C9H9N5O2/c15-9(16)7-1-2-8(14-13-7)10-5-6-3-4-11-12-6/h1-4H,5H2,(H,10,14)(H,11,12)(H,15,16). The number of carboxylic acids is 1. The number of aromatic amines is 1. The smallest absolute Gasteiger partial charge is 0.356 e. The van der Waals surface area contributed by atoms with E-state index in [1.54, 1.807) is 12.3 Å². The van der Waals surface area contributed by atoms with Crippen LogP contribution in [0.15, 0.2) is 24.4 Å². The van der Waals surface area contributed by atoms with Gasteiger partial charge in [-0.3, -0.25) is 5.10 Å². The highest BCUT2D eigenvalue weighted by molar-refractivity contribution is 5.85. The van der Waals surface area contributed by atoms with E-state index in [2.05, 4.69) is 25.7 Å². The van der Waals surface area contributed by atoms with Crippen LogP contribution in [0.2, 0.25) is 0 Å². The first-order valence-electron chi connectivity index (χ1n) is 4.55. The quantitative estimate of drug-likeness (QED) is 0.692. The third-order valence-electron chi connectivity index (χ3n) is 1.90. The summed E-state index contributed by atoms with van der Waals surface area (Å²) in [6, 6.07) is 4.78. The Labute approximate surface area is 90.5 Å². The number of anilines is 1. The molecule has 0 aliphatic rings. The average molecular weight is 219 g/mol. The van der Waals surface area contributed by atoms with E-state index in [1.165, 1.54) is 6.07 Å². The summed E-state index contributed by atoms with van der Waals surface area (Å²) < 4.78 is 0. The molecule has 2 heterocycles. The van der Waals surface area contributed by atoms with Gasteiger partial charge in [-0.25, -0.2) is 4.79 Å². The van der Waals surface area contributed by atoms with Crippen molar-refractivity contribution < 1.29 is 9.90 Å². The molecule has 0 aliphatic heterocycles. The van der Waals surface area contributed by atoms with Crippen LogP contribution in [0.4, 0.5) is 5.82 Å². The van der Waals surface area contributed by atoms with E-state index < -0.39 is 5.97 Å². The van der Waals surface area contributed by atoms with Crippen molar-refractivity contribution in [1.29, 1.82) is 0 Å². The summed E-state index contributed by atoms with van der Waals surface area (Å²) in [5, 5.41) is 25.4. The third-order valence-corrected chi connectivity index (χ3v) is 1.90. The number of carbonyl (C=O) groups is 1. The maximum atomic E-state index is 10.5. The minimum Gasteiger partial charge on any atom is -0.476 e. The molecule has 7 heteroatoms. The Morgan fingerprint density at radius 1 is 1.38 bits per heavy atom. The number of rotatable bonds is 4. The molecule has 0 spiro atoms. The number of carboxylic acid groups (broad SMARTS) is 1. The molecular formula is C9H9N5O2. The fourth-order valence-corrected chi connectivity index (χ4v) is 1.11. The van der Waals surface area contributed by atoms with Crippen molar-refractivity contribution in [3.8, 4) is 0 Å². The van der Waals surface area contributed by atoms with Gasteiger partial charge < -0.3 is 10.4 Å². The summed E-state index contributed by atoms with van der Waals surface area (Å²) in [5.74, 6) is -0.577. The topological polar surface area (TPSA) is 104 Å². The van der Waals surface area contributed by atoms with E-state index in [9.17, 15) is 4.79 Å². The van der Waals surface area contributed by atoms with Gasteiger partial charge in [-0.15, -0.1) is 10.2 Å². The number of H-pyrrole nitrogens is 1. The van der Waals surface area contributed by atoms with Crippen LogP contribution >= 0.6 is 0 Å². The molecule has 7 nitrogen and oxygen atoms in total. The van der Waals surface area contributed by atoms with Gasteiger partial charge in [0.2, 0.25) is 0 Å². The number of hydrogen-bond acceptors (Lipinski definition) is 5. The van der Waals surface area contributed by atoms with Gasteiger partial charge in [-0.1, -0.05) is 0 Å². The molecular weight excluding hydrogens is 210 g/mol. The van der Waals surface area contributed by atoms with Crippen molar-refractivity contribution >= 4 is 11.8 Å². The molecule has 0 aromatic carbocycles. The normalized spacial score (nSPS) is 10.0. The molecule has 0 bridgehead atoms. The van der Waals surface area contributed by atoms with Crippen LogP contribution in [0.1, 0.15) is 16.2 Å². The monoisotopic (exact) mass is 219 g/mol. The van der Waals surface area contributed by atoms with E-state index in [4.69, 9.17) is 5.11 Å². The summed E-state index contributed by atoms with van der Waals surface area (Å²) in [7, 11) is 0. The molecule has 0 saturated heterocycles.